The number of benzene rings is 2. The Hall–Kier alpha value is -2.74. The molecule has 1 fully saturated rings. The molecule has 2 aromatic rings. The highest BCUT2D eigenvalue weighted by atomic mass is 32.2. The molecule has 3 rings (SSSR count). The standard InChI is InChI=1S/C18H20N2O5S/c1-24-15-6-4-14(5-7-15)20-26(22,23)17-10-8-16(9-11-17)25-12-18(21)19-13-2-3-13/h4-11,13,20H,2-3,12H2,1H3,(H,19,21). The minimum Gasteiger partial charge on any atom is -0.497 e. The van der Waals surface area contributed by atoms with Gasteiger partial charge in [-0.2, -0.15) is 0 Å². The molecule has 0 aromatic heterocycles. The molecule has 2 N–H and O–H groups in total. The summed E-state index contributed by atoms with van der Waals surface area (Å²) in [7, 11) is -2.17. The van der Waals surface area contributed by atoms with Crippen LogP contribution in [0.3, 0.4) is 0 Å². The van der Waals surface area contributed by atoms with Crippen molar-refractivity contribution in [1.29, 1.82) is 0 Å². The zero-order valence-corrected chi connectivity index (χ0v) is 15.1. The van der Waals surface area contributed by atoms with Gasteiger partial charge in [0.1, 0.15) is 11.5 Å². The number of sulfonamides is 1. The van der Waals surface area contributed by atoms with Gasteiger partial charge < -0.3 is 14.8 Å². The van der Waals surface area contributed by atoms with Crippen LogP contribution < -0.4 is 19.5 Å². The van der Waals surface area contributed by atoms with Crippen LogP contribution in [0.2, 0.25) is 0 Å². The monoisotopic (exact) mass is 376 g/mol. The Bertz CT molecular complexity index is 859. The van der Waals surface area contributed by atoms with E-state index in [-0.39, 0.29) is 23.5 Å². The molecule has 1 saturated carbocycles. The number of anilines is 1. The van der Waals surface area contributed by atoms with E-state index in [0.29, 0.717) is 17.2 Å². The molecule has 138 valence electrons. The van der Waals surface area contributed by atoms with Crippen molar-refractivity contribution < 1.29 is 22.7 Å². The quantitative estimate of drug-likeness (QED) is 0.736. The zero-order valence-electron chi connectivity index (χ0n) is 14.3. The van der Waals surface area contributed by atoms with E-state index < -0.39 is 10.0 Å². The highest BCUT2D eigenvalue weighted by Gasteiger charge is 2.23. The van der Waals surface area contributed by atoms with Gasteiger partial charge in [-0.3, -0.25) is 9.52 Å². The second-order valence-corrected chi connectivity index (χ2v) is 7.62. The van der Waals surface area contributed by atoms with Gasteiger partial charge in [0, 0.05) is 11.7 Å². The highest BCUT2D eigenvalue weighted by molar-refractivity contribution is 7.92. The van der Waals surface area contributed by atoms with Crippen LogP contribution in [-0.2, 0) is 14.8 Å². The molecule has 0 bridgehead atoms. The summed E-state index contributed by atoms with van der Waals surface area (Å²) in [5.41, 5.74) is 0.433. The first-order valence-electron chi connectivity index (χ1n) is 8.15. The van der Waals surface area contributed by atoms with Gasteiger partial charge in [-0.15, -0.1) is 0 Å². The topological polar surface area (TPSA) is 93.7 Å². The van der Waals surface area contributed by atoms with Gasteiger partial charge in [0.25, 0.3) is 15.9 Å². The third-order valence-corrected chi connectivity index (χ3v) is 5.19. The number of carbonyl (C=O) groups is 1. The van der Waals surface area contributed by atoms with Gasteiger partial charge in [-0.25, -0.2) is 8.42 Å². The molecule has 1 aliphatic rings. The fourth-order valence-corrected chi connectivity index (χ4v) is 3.29. The Morgan fingerprint density at radius 3 is 2.23 bits per heavy atom. The molecular weight excluding hydrogens is 356 g/mol. The predicted octanol–water partition coefficient (Wildman–Crippen LogP) is 2.15. The van der Waals surface area contributed by atoms with Gasteiger partial charge in [0.05, 0.1) is 12.0 Å². The van der Waals surface area contributed by atoms with Crippen molar-refractivity contribution in [2.75, 3.05) is 18.4 Å². The number of nitrogens with one attached hydrogen (secondary N) is 2. The largest absolute Gasteiger partial charge is 0.497 e. The summed E-state index contributed by atoms with van der Waals surface area (Å²) in [6.07, 6.45) is 2.03. The van der Waals surface area contributed by atoms with Crippen molar-refractivity contribution in [3.05, 3.63) is 48.5 Å². The van der Waals surface area contributed by atoms with E-state index in [4.69, 9.17) is 9.47 Å². The minimum atomic E-state index is -3.71. The second kappa shape index (κ2) is 7.65. The van der Waals surface area contributed by atoms with E-state index >= 15 is 0 Å². The maximum absolute atomic E-state index is 12.4. The summed E-state index contributed by atoms with van der Waals surface area (Å²) in [5, 5.41) is 2.82. The second-order valence-electron chi connectivity index (χ2n) is 5.94. The fraction of sp³-hybridized carbons (Fsp3) is 0.278. The van der Waals surface area contributed by atoms with Gasteiger partial charge in [0.2, 0.25) is 0 Å². The molecule has 26 heavy (non-hydrogen) atoms. The van der Waals surface area contributed by atoms with Crippen molar-refractivity contribution in [3.8, 4) is 11.5 Å². The number of amides is 1. The molecule has 0 unspecified atom stereocenters. The van der Waals surface area contributed by atoms with Crippen molar-refractivity contribution in [2.24, 2.45) is 0 Å². The van der Waals surface area contributed by atoms with Crippen LogP contribution in [0.1, 0.15) is 12.8 Å². The normalized spacial score (nSPS) is 13.7. The molecule has 2 aromatic carbocycles. The Morgan fingerprint density at radius 2 is 1.65 bits per heavy atom. The highest BCUT2D eigenvalue weighted by Crippen LogP contribution is 2.21. The number of carbonyl (C=O) groups excluding carboxylic acids is 1. The van der Waals surface area contributed by atoms with Crippen LogP contribution in [0.5, 0.6) is 11.5 Å². The first kappa shape index (κ1) is 18.1. The van der Waals surface area contributed by atoms with Crippen molar-refractivity contribution >= 4 is 21.6 Å². The Labute approximate surface area is 152 Å². The Morgan fingerprint density at radius 1 is 1.04 bits per heavy atom. The van der Waals surface area contributed by atoms with Crippen molar-refractivity contribution in [2.45, 2.75) is 23.8 Å². The van der Waals surface area contributed by atoms with E-state index in [2.05, 4.69) is 10.0 Å². The Balaban J connectivity index is 1.59. The van der Waals surface area contributed by atoms with E-state index in [9.17, 15) is 13.2 Å². The molecule has 7 nitrogen and oxygen atoms in total. The third kappa shape index (κ3) is 4.89. The third-order valence-electron chi connectivity index (χ3n) is 3.79. The molecule has 0 atom stereocenters. The van der Waals surface area contributed by atoms with Gasteiger partial charge in [-0.1, -0.05) is 0 Å². The number of methoxy groups -OCH3 is 1. The van der Waals surface area contributed by atoms with Crippen LogP contribution >= 0.6 is 0 Å². The molecule has 1 aliphatic carbocycles. The molecule has 8 heteroatoms. The summed E-state index contributed by atoms with van der Waals surface area (Å²) < 4.78 is 37.7. The summed E-state index contributed by atoms with van der Waals surface area (Å²) in [4.78, 5) is 11.7. The molecular formula is C18H20N2O5S. The lowest BCUT2D eigenvalue weighted by molar-refractivity contribution is -0.123. The van der Waals surface area contributed by atoms with E-state index in [1.54, 1.807) is 31.4 Å². The lowest BCUT2D eigenvalue weighted by Gasteiger charge is -2.10. The van der Waals surface area contributed by atoms with E-state index in [1.807, 2.05) is 0 Å². The maximum atomic E-state index is 12.4. The molecule has 0 radical (unpaired) electrons. The van der Waals surface area contributed by atoms with Crippen LogP contribution in [-0.4, -0.2) is 34.1 Å². The lowest BCUT2D eigenvalue weighted by Crippen LogP contribution is -2.30. The van der Waals surface area contributed by atoms with Gasteiger partial charge in [0.15, 0.2) is 6.61 Å². The van der Waals surface area contributed by atoms with Gasteiger partial charge >= 0.3 is 0 Å². The SMILES string of the molecule is COc1ccc(NS(=O)(=O)c2ccc(OCC(=O)NC3CC3)cc2)cc1. The summed E-state index contributed by atoms with van der Waals surface area (Å²) in [5.74, 6) is 0.893. The number of hydrogen-bond acceptors (Lipinski definition) is 5. The first-order valence-corrected chi connectivity index (χ1v) is 9.64. The van der Waals surface area contributed by atoms with Crippen LogP contribution in [0.15, 0.2) is 53.4 Å². The van der Waals surface area contributed by atoms with Crippen molar-refractivity contribution in [1.82, 2.24) is 5.32 Å². The molecule has 0 aliphatic heterocycles. The smallest absolute Gasteiger partial charge is 0.261 e. The molecule has 1 amide bonds. The lowest BCUT2D eigenvalue weighted by atomic mass is 10.3. The summed E-state index contributed by atoms with van der Waals surface area (Å²) in [6.45, 7) is -0.0906. The van der Waals surface area contributed by atoms with Crippen molar-refractivity contribution in [3.63, 3.8) is 0 Å². The summed E-state index contributed by atoms with van der Waals surface area (Å²) >= 11 is 0. The van der Waals surface area contributed by atoms with Crippen LogP contribution in [0.25, 0.3) is 0 Å². The fourth-order valence-electron chi connectivity index (χ4n) is 2.23. The number of ether oxygens (including phenoxy) is 2. The molecule has 0 saturated heterocycles. The van der Waals surface area contributed by atoms with Crippen LogP contribution in [0, 0.1) is 0 Å². The average molecular weight is 376 g/mol. The average Bonchev–Trinajstić information content (AvgIpc) is 3.44. The summed E-state index contributed by atoms with van der Waals surface area (Å²) in [6, 6.07) is 12.8. The number of hydrogen-bond donors (Lipinski definition) is 2. The maximum Gasteiger partial charge on any atom is 0.261 e. The number of rotatable bonds is 8. The minimum absolute atomic E-state index is 0.0906. The van der Waals surface area contributed by atoms with Crippen LogP contribution in [0.4, 0.5) is 5.69 Å². The molecule has 0 heterocycles. The molecule has 0 spiro atoms. The van der Waals surface area contributed by atoms with E-state index in [0.717, 1.165) is 12.8 Å². The predicted molar refractivity (Wildman–Crippen MR) is 96.9 cm³/mol. The van der Waals surface area contributed by atoms with E-state index in [1.165, 1.54) is 24.3 Å². The van der Waals surface area contributed by atoms with Gasteiger partial charge in [-0.05, 0) is 61.4 Å². The first-order chi connectivity index (χ1) is 12.5. The Kier molecular flexibility index (Phi) is 5.32. The zero-order chi connectivity index (χ0) is 18.6.